The number of para-hydroxylation sites is 1. The highest BCUT2D eigenvalue weighted by Crippen LogP contribution is 2.27. The molecule has 0 amide bonds. The fourth-order valence-corrected chi connectivity index (χ4v) is 3.93. The molecule has 0 spiro atoms. The highest BCUT2D eigenvalue weighted by Gasteiger charge is 2.19. The number of rotatable bonds is 6. The van der Waals surface area contributed by atoms with E-state index in [0.717, 1.165) is 33.5 Å². The lowest BCUT2D eigenvalue weighted by Gasteiger charge is -2.01. The number of thioether (sulfide) groups is 1. The van der Waals surface area contributed by atoms with Crippen LogP contribution in [0, 0.1) is 6.92 Å². The van der Waals surface area contributed by atoms with Crippen molar-refractivity contribution in [3.05, 3.63) is 59.8 Å². The molecular weight excluding hydrogens is 372 g/mol. The summed E-state index contributed by atoms with van der Waals surface area (Å²) in [6.07, 6.45) is 0. The molecule has 0 aliphatic carbocycles. The summed E-state index contributed by atoms with van der Waals surface area (Å²) in [5.74, 6) is 1.82. The van der Waals surface area contributed by atoms with Gasteiger partial charge in [-0.05, 0) is 37.3 Å². The van der Waals surface area contributed by atoms with Gasteiger partial charge in [0, 0.05) is 34.8 Å². The number of aryl methyl sites for hydroxylation is 1. The molecule has 142 valence electrons. The molecule has 0 unspecified atom stereocenters. The number of carbonyl (C=O) groups excluding carboxylic acids is 1. The summed E-state index contributed by atoms with van der Waals surface area (Å²) in [5, 5.41) is 8.70. The largest absolute Gasteiger partial charge is 0.497 e. The minimum absolute atomic E-state index is 0.0788. The zero-order chi connectivity index (χ0) is 19.7. The van der Waals surface area contributed by atoms with Gasteiger partial charge in [0.1, 0.15) is 5.75 Å². The molecule has 4 rings (SSSR count). The van der Waals surface area contributed by atoms with Gasteiger partial charge in [-0.15, -0.1) is 5.10 Å². The topological polar surface area (TPSA) is 72.8 Å². The lowest BCUT2D eigenvalue weighted by atomic mass is 10.1. The van der Waals surface area contributed by atoms with Crippen LogP contribution >= 0.6 is 11.8 Å². The van der Waals surface area contributed by atoms with Gasteiger partial charge in [-0.1, -0.05) is 30.0 Å². The van der Waals surface area contributed by atoms with Gasteiger partial charge in [0.2, 0.25) is 5.16 Å². The summed E-state index contributed by atoms with van der Waals surface area (Å²) in [7, 11) is 3.62. The number of fused-ring (bicyclic) bond motifs is 1. The molecule has 2 aromatic heterocycles. The number of methoxy groups -OCH3 is 1. The molecule has 7 heteroatoms. The molecule has 1 N–H and O–H groups in total. The maximum atomic E-state index is 12.9. The van der Waals surface area contributed by atoms with E-state index in [1.807, 2.05) is 62.5 Å². The van der Waals surface area contributed by atoms with Crippen molar-refractivity contribution >= 4 is 28.4 Å². The van der Waals surface area contributed by atoms with Crippen LogP contribution in [0.15, 0.2) is 53.7 Å². The first kappa shape index (κ1) is 18.3. The Bertz CT molecular complexity index is 1150. The van der Waals surface area contributed by atoms with Gasteiger partial charge in [-0.2, -0.15) is 0 Å². The molecule has 0 radical (unpaired) electrons. The van der Waals surface area contributed by atoms with E-state index in [9.17, 15) is 4.79 Å². The number of hydrogen-bond donors (Lipinski definition) is 1. The van der Waals surface area contributed by atoms with Crippen LogP contribution in [0.5, 0.6) is 5.75 Å². The van der Waals surface area contributed by atoms with Gasteiger partial charge in [0.25, 0.3) is 0 Å². The Labute approximate surface area is 166 Å². The van der Waals surface area contributed by atoms with Crippen molar-refractivity contribution in [2.75, 3.05) is 12.9 Å². The van der Waals surface area contributed by atoms with Gasteiger partial charge < -0.3 is 9.30 Å². The average molecular weight is 392 g/mol. The predicted molar refractivity (Wildman–Crippen MR) is 111 cm³/mol. The van der Waals surface area contributed by atoms with Crippen LogP contribution in [-0.4, -0.2) is 38.4 Å². The van der Waals surface area contributed by atoms with Gasteiger partial charge in [-0.25, -0.2) is 4.98 Å². The Morgan fingerprint density at radius 3 is 2.68 bits per heavy atom. The molecule has 0 aliphatic heterocycles. The smallest absolute Gasteiger partial charge is 0.209 e. The van der Waals surface area contributed by atoms with E-state index in [-0.39, 0.29) is 11.5 Å². The molecule has 0 saturated carbocycles. The van der Waals surface area contributed by atoms with Gasteiger partial charge in [0.05, 0.1) is 12.9 Å². The second kappa shape index (κ2) is 7.52. The van der Waals surface area contributed by atoms with E-state index in [0.29, 0.717) is 11.0 Å². The van der Waals surface area contributed by atoms with E-state index in [1.165, 1.54) is 11.8 Å². The number of benzene rings is 2. The van der Waals surface area contributed by atoms with Crippen molar-refractivity contribution in [3.8, 4) is 17.1 Å². The number of nitrogens with one attached hydrogen (secondary N) is 1. The van der Waals surface area contributed by atoms with Crippen molar-refractivity contribution in [2.45, 2.75) is 12.1 Å². The van der Waals surface area contributed by atoms with Crippen molar-refractivity contribution in [3.63, 3.8) is 0 Å². The summed E-state index contributed by atoms with van der Waals surface area (Å²) in [5.41, 5.74) is 3.72. The van der Waals surface area contributed by atoms with Crippen LogP contribution in [0.25, 0.3) is 22.3 Å². The van der Waals surface area contributed by atoms with Gasteiger partial charge >= 0.3 is 0 Å². The highest BCUT2D eigenvalue weighted by molar-refractivity contribution is 7.99. The Balaban J connectivity index is 1.50. The Kier molecular flexibility index (Phi) is 4.92. The molecule has 0 bridgehead atoms. The van der Waals surface area contributed by atoms with Crippen molar-refractivity contribution in [1.82, 2.24) is 19.7 Å². The number of hydrogen-bond acceptors (Lipinski definition) is 5. The quantitative estimate of drug-likeness (QED) is 0.392. The number of aromatic nitrogens is 4. The third-order valence-electron chi connectivity index (χ3n) is 4.84. The van der Waals surface area contributed by atoms with Crippen LogP contribution in [0.1, 0.15) is 16.1 Å². The second-order valence-electron chi connectivity index (χ2n) is 6.44. The normalized spacial score (nSPS) is 11.1. The average Bonchev–Trinajstić information content (AvgIpc) is 3.30. The van der Waals surface area contributed by atoms with Gasteiger partial charge in [0.15, 0.2) is 11.6 Å². The van der Waals surface area contributed by atoms with Crippen LogP contribution in [0.4, 0.5) is 0 Å². The summed E-state index contributed by atoms with van der Waals surface area (Å²) in [4.78, 5) is 17.4. The third kappa shape index (κ3) is 3.29. The first-order valence-corrected chi connectivity index (χ1v) is 9.84. The Morgan fingerprint density at radius 1 is 1.18 bits per heavy atom. The third-order valence-corrected chi connectivity index (χ3v) is 5.69. The number of Topliss-reactive ketones (excluding diaryl/α,β-unsaturated/α-hetero) is 1. The number of H-pyrrole nitrogens is 1. The standard InChI is InChI=1S/C21H20N4O2S/c1-13-19(16-6-4-5-7-17(16)25(13)2)18(26)12-28-21-22-20(23-24-21)14-8-10-15(27-3)11-9-14/h4-11H,12H2,1-3H3,(H,22,23,24). The lowest BCUT2D eigenvalue weighted by Crippen LogP contribution is -2.05. The van der Waals surface area contributed by atoms with E-state index in [1.54, 1.807) is 7.11 Å². The second-order valence-corrected chi connectivity index (χ2v) is 7.39. The minimum atomic E-state index is 0.0788. The SMILES string of the molecule is COc1ccc(-c2nc(SCC(=O)c3c(C)n(C)c4ccccc34)n[nH]2)cc1. The van der Waals surface area contributed by atoms with E-state index >= 15 is 0 Å². The first-order chi connectivity index (χ1) is 13.6. The Hall–Kier alpha value is -3.06. The molecule has 2 heterocycles. The molecular formula is C21H20N4O2S. The summed E-state index contributed by atoms with van der Waals surface area (Å²) < 4.78 is 7.23. The molecule has 4 aromatic rings. The number of aromatic amines is 1. The van der Waals surface area contributed by atoms with E-state index in [4.69, 9.17) is 4.74 Å². The van der Waals surface area contributed by atoms with Crippen LogP contribution in [0.2, 0.25) is 0 Å². The number of ketones is 1. The fourth-order valence-electron chi connectivity index (χ4n) is 3.26. The lowest BCUT2D eigenvalue weighted by molar-refractivity contribution is 0.102. The number of nitrogens with zero attached hydrogens (tertiary/aromatic N) is 3. The molecule has 2 aromatic carbocycles. The summed E-state index contributed by atoms with van der Waals surface area (Å²) in [6, 6.07) is 15.5. The molecule has 0 aliphatic rings. The minimum Gasteiger partial charge on any atom is -0.497 e. The zero-order valence-electron chi connectivity index (χ0n) is 15.9. The summed E-state index contributed by atoms with van der Waals surface area (Å²) in [6.45, 7) is 1.98. The van der Waals surface area contributed by atoms with Crippen molar-refractivity contribution in [2.24, 2.45) is 7.05 Å². The van der Waals surface area contributed by atoms with Crippen molar-refractivity contribution < 1.29 is 9.53 Å². The maximum Gasteiger partial charge on any atom is 0.209 e. The maximum absolute atomic E-state index is 12.9. The fraction of sp³-hybridized carbons (Fsp3) is 0.190. The van der Waals surface area contributed by atoms with E-state index < -0.39 is 0 Å². The molecule has 0 atom stereocenters. The summed E-state index contributed by atoms with van der Waals surface area (Å²) >= 11 is 1.34. The Morgan fingerprint density at radius 2 is 1.93 bits per heavy atom. The van der Waals surface area contributed by atoms with Crippen LogP contribution < -0.4 is 4.74 Å². The molecule has 0 fully saturated rings. The number of ether oxygens (including phenoxy) is 1. The van der Waals surface area contributed by atoms with Crippen molar-refractivity contribution in [1.29, 1.82) is 0 Å². The van der Waals surface area contributed by atoms with E-state index in [2.05, 4.69) is 19.7 Å². The first-order valence-electron chi connectivity index (χ1n) is 8.85. The zero-order valence-corrected chi connectivity index (χ0v) is 16.7. The highest BCUT2D eigenvalue weighted by atomic mass is 32.2. The molecule has 28 heavy (non-hydrogen) atoms. The molecule has 6 nitrogen and oxygen atoms in total. The number of carbonyl (C=O) groups is 1. The monoisotopic (exact) mass is 392 g/mol. The molecule has 0 saturated heterocycles. The predicted octanol–water partition coefficient (Wildman–Crippen LogP) is 4.26. The van der Waals surface area contributed by atoms with Crippen LogP contribution in [-0.2, 0) is 7.05 Å². The van der Waals surface area contributed by atoms with Crippen LogP contribution in [0.3, 0.4) is 0 Å². The van der Waals surface area contributed by atoms with Gasteiger partial charge in [-0.3, -0.25) is 9.89 Å².